The van der Waals surface area contributed by atoms with Gasteiger partial charge in [0.1, 0.15) is 5.75 Å². The Kier molecular flexibility index (Phi) is 3.27. The number of hydrogen-bond acceptors (Lipinski definition) is 4. The summed E-state index contributed by atoms with van der Waals surface area (Å²) >= 11 is 0. The SMILES string of the molecule is CC1OB(c2ccc3c(C=O)c(O)ccc3c2)OC1(C)C. The predicted octanol–water partition coefficient (Wildman–Crippen LogP) is 2.27. The van der Waals surface area contributed by atoms with Crippen LogP contribution in [0.4, 0.5) is 0 Å². The van der Waals surface area contributed by atoms with Gasteiger partial charge in [0.25, 0.3) is 0 Å². The first kappa shape index (κ1) is 14.1. The van der Waals surface area contributed by atoms with E-state index >= 15 is 0 Å². The van der Waals surface area contributed by atoms with Gasteiger partial charge in [-0.2, -0.15) is 0 Å². The second-order valence-electron chi connectivity index (χ2n) is 5.93. The lowest BCUT2D eigenvalue weighted by atomic mass is 9.78. The molecule has 1 fully saturated rings. The molecule has 1 heterocycles. The minimum absolute atomic E-state index is 0.00329. The van der Waals surface area contributed by atoms with Crippen molar-refractivity contribution in [2.24, 2.45) is 0 Å². The number of aromatic hydroxyl groups is 1. The Morgan fingerprint density at radius 2 is 2.05 bits per heavy atom. The highest BCUT2D eigenvalue weighted by atomic mass is 16.7. The largest absolute Gasteiger partial charge is 0.507 e. The van der Waals surface area contributed by atoms with E-state index in [4.69, 9.17) is 9.31 Å². The fraction of sp³-hybridized carbons (Fsp3) is 0.312. The molecule has 108 valence electrons. The Morgan fingerprint density at radius 3 is 2.67 bits per heavy atom. The molecule has 0 aliphatic carbocycles. The standard InChI is InChI=1S/C16H17BO4/c1-10-16(2,3)21-17(20-10)12-5-6-13-11(8-12)4-7-15(19)14(13)9-18/h4-10,19H,1-3H3. The van der Waals surface area contributed by atoms with E-state index in [9.17, 15) is 9.90 Å². The first-order valence-corrected chi connectivity index (χ1v) is 6.96. The Labute approximate surface area is 123 Å². The lowest BCUT2D eigenvalue weighted by Gasteiger charge is -2.21. The second-order valence-corrected chi connectivity index (χ2v) is 5.93. The van der Waals surface area contributed by atoms with Gasteiger partial charge in [-0.05, 0) is 43.1 Å². The van der Waals surface area contributed by atoms with Gasteiger partial charge in [0.15, 0.2) is 6.29 Å². The summed E-state index contributed by atoms with van der Waals surface area (Å²) in [5, 5.41) is 11.3. The summed E-state index contributed by atoms with van der Waals surface area (Å²) in [4.78, 5) is 11.1. The molecule has 0 saturated carbocycles. The van der Waals surface area contributed by atoms with Crippen LogP contribution in [0, 0.1) is 0 Å². The van der Waals surface area contributed by atoms with E-state index in [0.717, 1.165) is 16.2 Å². The molecule has 21 heavy (non-hydrogen) atoms. The smallest absolute Gasteiger partial charge is 0.494 e. The van der Waals surface area contributed by atoms with E-state index in [-0.39, 0.29) is 17.5 Å². The molecule has 1 atom stereocenters. The number of rotatable bonds is 2. The molecule has 4 nitrogen and oxygen atoms in total. The number of phenolic OH excluding ortho intramolecular Hbond substituents is 1. The summed E-state index contributed by atoms with van der Waals surface area (Å²) in [6.45, 7) is 5.99. The maximum Gasteiger partial charge on any atom is 0.494 e. The van der Waals surface area contributed by atoms with E-state index in [1.807, 2.05) is 39.0 Å². The normalized spacial score (nSPS) is 20.9. The lowest BCUT2D eigenvalue weighted by molar-refractivity contribution is 0.0842. The minimum Gasteiger partial charge on any atom is -0.507 e. The first-order chi connectivity index (χ1) is 9.92. The van der Waals surface area contributed by atoms with Gasteiger partial charge in [-0.1, -0.05) is 24.3 Å². The molecule has 0 spiro atoms. The summed E-state index contributed by atoms with van der Waals surface area (Å²) in [6.07, 6.45) is 0.675. The summed E-state index contributed by atoms with van der Waals surface area (Å²) in [5.74, 6) is -0.00614. The van der Waals surface area contributed by atoms with Gasteiger partial charge >= 0.3 is 7.12 Å². The highest BCUT2D eigenvalue weighted by Crippen LogP contribution is 2.28. The summed E-state index contributed by atoms with van der Waals surface area (Å²) in [6, 6.07) is 8.93. The van der Waals surface area contributed by atoms with Gasteiger partial charge < -0.3 is 14.4 Å². The highest BCUT2D eigenvalue weighted by Gasteiger charge is 2.43. The van der Waals surface area contributed by atoms with Crippen molar-refractivity contribution < 1.29 is 19.2 Å². The van der Waals surface area contributed by atoms with Crippen molar-refractivity contribution in [2.45, 2.75) is 32.5 Å². The van der Waals surface area contributed by atoms with Crippen LogP contribution < -0.4 is 5.46 Å². The Morgan fingerprint density at radius 1 is 1.29 bits per heavy atom. The van der Waals surface area contributed by atoms with Crippen LogP contribution in [0.15, 0.2) is 30.3 Å². The van der Waals surface area contributed by atoms with Crippen molar-refractivity contribution in [1.82, 2.24) is 0 Å². The van der Waals surface area contributed by atoms with Gasteiger partial charge in [0.05, 0.1) is 17.3 Å². The summed E-state index contributed by atoms with van der Waals surface area (Å²) in [7, 11) is -0.409. The van der Waals surface area contributed by atoms with Crippen molar-refractivity contribution in [1.29, 1.82) is 0 Å². The molecule has 5 heteroatoms. The summed E-state index contributed by atoms with van der Waals surface area (Å²) in [5.41, 5.74) is 0.881. The topological polar surface area (TPSA) is 55.8 Å². The number of carbonyl (C=O) groups excluding carboxylic acids is 1. The van der Waals surface area contributed by atoms with Gasteiger partial charge in [-0.15, -0.1) is 0 Å². The van der Waals surface area contributed by atoms with Gasteiger partial charge in [0, 0.05) is 0 Å². The third-order valence-corrected chi connectivity index (χ3v) is 4.17. The van der Waals surface area contributed by atoms with E-state index in [2.05, 4.69) is 0 Å². The molecule has 1 aliphatic rings. The van der Waals surface area contributed by atoms with E-state index < -0.39 is 7.12 Å². The van der Waals surface area contributed by atoms with E-state index in [1.54, 1.807) is 6.07 Å². The van der Waals surface area contributed by atoms with Crippen molar-refractivity contribution in [3.8, 4) is 5.75 Å². The third kappa shape index (κ3) is 2.32. The quantitative estimate of drug-likeness (QED) is 0.679. The van der Waals surface area contributed by atoms with Crippen LogP contribution in [0.1, 0.15) is 31.1 Å². The molecule has 0 amide bonds. The molecule has 1 unspecified atom stereocenters. The van der Waals surface area contributed by atoms with Crippen molar-refractivity contribution in [3.05, 3.63) is 35.9 Å². The van der Waals surface area contributed by atoms with Crippen LogP contribution in [0.2, 0.25) is 0 Å². The van der Waals surface area contributed by atoms with Crippen LogP contribution in [-0.4, -0.2) is 30.2 Å². The number of hydrogen-bond donors (Lipinski definition) is 1. The first-order valence-electron chi connectivity index (χ1n) is 6.96. The second kappa shape index (κ2) is 4.86. The zero-order valence-corrected chi connectivity index (χ0v) is 12.3. The fourth-order valence-electron chi connectivity index (χ4n) is 2.53. The molecule has 2 aromatic rings. The number of fused-ring (bicyclic) bond motifs is 1. The Bertz CT molecular complexity index is 711. The van der Waals surface area contributed by atoms with Crippen LogP contribution in [0.5, 0.6) is 5.75 Å². The van der Waals surface area contributed by atoms with Crippen molar-refractivity contribution in [3.63, 3.8) is 0 Å². The molecule has 1 saturated heterocycles. The average Bonchev–Trinajstić information content (AvgIpc) is 2.72. The van der Waals surface area contributed by atoms with Gasteiger partial charge in [-0.3, -0.25) is 4.79 Å². The van der Waals surface area contributed by atoms with Crippen molar-refractivity contribution >= 4 is 29.6 Å². The Hall–Kier alpha value is -1.85. The van der Waals surface area contributed by atoms with Crippen LogP contribution in [0.25, 0.3) is 10.8 Å². The maximum atomic E-state index is 11.1. The highest BCUT2D eigenvalue weighted by molar-refractivity contribution is 6.62. The van der Waals surface area contributed by atoms with Gasteiger partial charge in [-0.25, -0.2) is 0 Å². The monoisotopic (exact) mass is 284 g/mol. The lowest BCUT2D eigenvalue weighted by Crippen LogP contribution is -2.34. The number of aldehydes is 1. The fourth-order valence-corrected chi connectivity index (χ4v) is 2.53. The van der Waals surface area contributed by atoms with Crippen LogP contribution in [-0.2, 0) is 9.31 Å². The molecular weight excluding hydrogens is 267 g/mol. The van der Waals surface area contributed by atoms with Crippen LogP contribution in [0.3, 0.4) is 0 Å². The van der Waals surface area contributed by atoms with E-state index in [0.29, 0.717) is 11.8 Å². The molecule has 1 aliphatic heterocycles. The average molecular weight is 284 g/mol. The van der Waals surface area contributed by atoms with Gasteiger partial charge in [0.2, 0.25) is 0 Å². The third-order valence-electron chi connectivity index (χ3n) is 4.17. The van der Waals surface area contributed by atoms with E-state index in [1.165, 1.54) is 6.07 Å². The maximum absolute atomic E-state index is 11.1. The number of phenols is 1. The molecular formula is C16H17BO4. The Balaban J connectivity index is 2.03. The molecule has 0 radical (unpaired) electrons. The molecule has 0 bridgehead atoms. The zero-order chi connectivity index (χ0) is 15.2. The minimum atomic E-state index is -0.409. The van der Waals surface area contributed by atoms with Crippen LogP contribution >= 0.6 is 0 Å². The molecule has 1 N–H and O–H groups in total. The molecule has 2 aromatic carbocycles. The summed E-state index contributed by atoms with van der Waals surface area (Å²) < 4.78 is 11.8. The zero-order valence-electron chi connectivity index (χ0n) is 12.3. The van der Waals surface area contributed by atoms with Crippen molar-refractivity contribution in [2.75, 3.05) is 0 Å². The predicted molar refractivity (Wildman–Crippen MR) is 82.1 cm³/mol. The molecule has 3 rings (SSSR count). The number of carbonyl (C=O) groups is 1. The number of benzene rings is 2. The molecule has 0 aromatic heterocycles.